The van der Waals surface area contributed by atoms with E-state index in [1.165, 1.54) is 5.57 Å². The van der Waals surface area contributed by atoms with Crippen molar-refractivity contribution in [2.24, 2.45) is 0 Å². The second-order valence-corrected chi connectivity index (χ2v) is 2.87. The number of hydrogen-bond acceptors (Lipinski definition) is 2. The zero-order valence-corrected chi connectivity index (χ0v) is 6.93. The summed E-state index contributed by atoms with van der Waals surface area (Å²) in [5.74, 6) is 0.289. The lowest BCUT2D eigenvalue weighted by atomic mass is 10.1. The summed E-state index contributed by atoms with van der Waals surface area (Å²) in [6.07, 6.45) is 5.55. The van der Waals surface area contributed by atoms with E-state index in [-0.39, 0.29) is 5.78 Å². The molecule has 1 aliphatic rings. The molecule has 2 heteroatoms. The molecule has 0 saturated heterocycles. The van der Waals surface area contributed by atoms with Crippen molar-refractivity contribution in [3.05, 3.63) is 11.6 Å². The fourth-order valence-electron chi connectivity index (χ4n) is 1.30. The Kier molecular flexibility index (Phi) is 3.30. The van der Waals surface area contributed by atoms with E-state index in [0.717, 1.165) is 32.3 Å². The van der Waals surface area contributed by atoms with E-state index in [1.807, 2.05) is 0 Å². The van der Waals surface area contributed by atoms with Crippen LogP contribution >= 0.6 is 0 Å². The first-order valence-electron chi connectivity index (χ1n) is 4.04. The van der Waals surface area contributed by atoms with Crippen LogP contribution in [0, 0.1) is 0 Å². The van der Waals surface area contributed by atoms with Crippen LogP contribution in [0.5, 0.6) is 0 Å². The highest BCUT2D eigenvalue weighted by molar-refractivity contribution is 5.92. The molecule has 0 bridgehead atoms. The second kappa shape index (κ2) is 4.29. The number of methoxy groups -OCH3 is 1. The summed E-state index contributed by atoms with van der Waals surface area (Å²) in [4.78, 5) is 10.8. The van der Waals surface area contributed by atoms with Crippen LogP contribution < -0.4 is 0 Å². The average molecular weight is 154 g/mol. The van der Waals surface area contributed by atoms with E-state index in [4.69, 9.17) is 4.74 Å². The summed E-state index contributed by atoms with van der Waals surface area (Å²) < 4.78 is 4.92. The molecular weight excluding hydrogens is 140 g/mol. The van der Waals surface area contributed by atoms with Gasteiger partial charge in [0.25, 0.3) is 0 Å². The van der Waals surface area contributed by atoms with Crippen LogP contribution in [0.4, 0.5) is 0 Å². The molecule has 0 unspecified atom stereocenters. The monoisotopic (exact) mass is 154 g/mol. The lowest BCUT2D eigenvalue weighted by Gasteiger charge is -1.98. The highest BCUT2D eigenvalue weighted by Gasteiger charge is 2.10. The lowest BCUT2D eigenvalue weighted by Crippen LogP contribution is -1.88. The molecule has 2 nitrogen and oxygen atoms in total. The van der Waals surface area contributed by atoms with Gasteiger partial charge >= 0.3 is 0 Å². The van der Waals surface area contributed by atoms with Gasteiger partial charge in [-0.25, -0.2) is 0 Å². The second-order valence-electron chi connectivity index (χ2n) is 2.87. The third-order valence-corrected chi connectivity index (χ3v) is 1.90. The highest BCUT2D eigenvalue weighted by atomic mass is 16.5. The Balaban J connectivity index is 2.17. The molecule has 0 saturated carbocycles. The summed E-state index contributed by atoms with van der Waals surface area (Å²) >= 11 is 0. The molecule has 0 fully saturated rings. The summed E-state index contributed by atoms with van der Waals surface area (Å²) in [5.41, 5.74) is 1.30. The van der Waals surface area contributed by atoms with Crippen LogP contribution in [-0.4, -0.2) is 19.5 Å². The molecule has 0 atom stereocenters. The standard InChI is InChI=1S/C9H14O2/c1-11-6-2-3-8-4-5-9(10)7-8/h7H,2-6H2,1H3. The Hall–Kier alpha value is -0.630. The zero-order valence-electron chi connectivity index (χ0n) is 6.93. The van der Waals surface area contributed by atoms with Gasteiger partial charge in [-0.3, -0.25) is 4.79 Å². The number of carbonyl (C=O) groups excluding carboxylic acids is 1. The van der Waals surface area contributed by atoms with Gasteiger partial charge in [0.1, 0.15) is 0 Å². The maximum atomic E-state index is 10.8. The van der Waals surface area contributed by atoms with E-state index in [0.29, 0.717) is 0 Å². The summed E-state index contributed by atoms with van der Waals surface area (Å²) in [5, 5.41) is 0. The summed E-state index contributed by atoms with van der Waals surface area (Å²) in [6, 6.07) is 0. The fourth-order valence-corrected chi connectivity index (χ4v) is 1.30. The number of hydrogen-bond donors (Lipinski definition) is 0. The van der Waals surface area contributed by atoms with Crippen molar-refractivity contribution in [3.8, 4) is 0 Å². The van der Waals surface area contributed by atoms with Gasteiger partial charge in [-0.05, 0) is 25.3 Å². The van der Waals surface area contributed by atoms with Crippen molar-refractivity contribution < 1.29 is 9.53 Å². The zero-order chi connectivity index (χ0) is 8.10. The van der Waals surface area contributed by atoms with E-state index in [1.54, 1.807) is 13.2 Å². The van der Waals surface area contributed by atoms with Gasteiger partial charge in [0.05, 0.1) is 0 Å². The Morgan fingerprint density at radius 1 is 1.55 bits per heavy atom. The van der Waals surface area contributed by atoms with E-state index in [2.05, 4.69) is 0 Å². The maximum Gasteiger partial charge on any atom is 0.155 e. The van der Waals surface area contributed by atoms with E-state index < -0.39 is 0 Å². The minimum absolute atomic E-state index is 0.289. The average Bonchev–Trinajstić information content (AvgIpc) is 2.37. The predicted octanol–water partition coefficient (Wildman–Crippen LogP) is 1.70. The third kappa shape index (κ3) is 2.85. The van der Waals surface area contributed by atoms with Gasteiger partial charge in [0, 0.05) is 20.1 Å². The normalized spacial score (nSPS) is 17.2. The number of allylic oxidation sites excluding steroid dienone is 2. The van der Waals surface area contributed by atoms with Crippen molar-refractivity contribution in [1.82, 2.24) is 0 Å². The maximum absolute atomic E-state index is 10.8. The quantitative estimate of drug-likeness (QED) is 0.576. The van der Waals surface area contributed by atoms with Crippen LogP contribution in [0.1, 0.15) is 25.7 Å². The van der Waals surface area contributed by atoms with Gasteiger partial charge in [0.2, 0.25) is 0 Å². The van der Waals surface area contributed by atoms with Gasteiger partial charge in [-0.15, -0.1) is 0 Å². The van der Waals surface area contributed by atoms with Gasteiger partial charge in [0.15, 0.2) is 5.78 Å². The van der Waals surface area contributed by atoms with Crippen molar-refractivity contribution in [2.75, 3.05) is 13.7 Å². The molecular formula is C9H14O2. The van der Waals surface area contributed by atoms with E-state index >= 15 is 0 Å². The first-order chi connectivity index (χ1) is 5.33. The SMILES string of the molecule is COCCCC1=CC(=O)CC1. The van der Waals surface area contributed by atoms with Crippen LogP contribution in [-0.2, 0) is 9.53 Å². The van der Waals surface area contributed by atoms with Crippen LogP contribution in [0.15, 0.2) is 11.6 Å². The Morgan fingerprint density at radius 2 is 2.36 bits per heavy atom. The molecule has 0 radical (unpaired) electrons. The summed E-state index contributed by atoms with van der Waals surface area (Å²) in [7, 11) is 1.70. The molecule has 0 spiro atoms. The predicted molar refractivity (Wildman–Crippen MR) is 43.4 cm³/mol. The molecule has 0 aromatic carbocycles. The molecule has 0 aromatic rings. The molecule has 1 aliphatic carbocycles. The molecule has 0 amide bonds. The number of carbonyl (C=O) groups is 1. The Bertz CT molecular complexity index is 170. The topological polar surface area (TPSA) is 26.3 Å². The van der Waals surface area contributed by atoms with Crippen LogP contribution in [0.25, 0.3) is 0 Å². The molecule has 0 N–H and O–H groups in total. The molecule has 11 heavy (non-hydrogen) atoms. The van der Waals surface area contributed by atoms with Crippen molar-refractivity contribution in [2.45, 2.75) is 25.7 Å². The van der Waals surface area contributed by atoms with Crippen molar-refractivity contribution in [3.63, 3.8) is 0 Å². The van der Waals surface area contributed by atoms with Gasteiger partial charge in [-0.1, -0.05) is 5.57 Å². The van der Waals surface area contributed by atoms with Gasteiger partial charge < -0.3 is 4.74 Å². The van der Waals surface area contributed by atoms with Gasteiger partial charge in [-0.2, -0.15) is 0 Å². The first-order valence-corrected chi connectivity index (χ1v) is 4.04. The highest BCUT2D eigenvalue weighted by Crippen LogP contribution is 2.19. The molecule has 0 aliphatic heterocycles. The smallest absolute Gasteiger partial charge is 0.155 e. The minimum atomic E-state index is 0.289. The Labute approximate surface area is 67.2 Å². The summed E-state index contributed by atoms with van der Waals surface area (Å²) in [6.45, 7) is 0.797. The lowest BCUT2D eigenvalue weighted by molar-refractivity contribution is -0.114. The molecule has 1 rings (SSSR count). The number of ketones is 1. The van der Waals surface area contributed by atoms with E-state index in [9.17, 15) is 4.79 Å². The van der Waals surface area contributed by atoms with Crippen LogP contribution in [0.2, 0.25) is 0 Å². The molecule has 0 aromatic heterocycles. The van der Waals surface area contributed by atoms with Crippen LogP contribution in [0.3, 0.4) is 0 Å². The third-order valence-electron chi connectivity index (χ3n) is 1.90. The molecule has 0 heterocycles. The van der Waals surface area contributed by atoms with Crippen molar-refractivity contribution >= 4 is 5.78 Å². The Morgan fingerprint density at radius 3 is 2.91 bits per heavy atom. The largest absolute Gasteiger partial charge is 0.385 e. The number of ether oxygens (including phenoxy) is 1. The fraction of sp³-hybridized carbons (Fsp3) is 0.667. The number of rotatable bonds is 4. The van der Waals surface area contributed by atoms with Crippen molar-refractivity contribution in [1.29, 1.82) is 0 Å². The minimum Gasteiger partial charge on any atom is -0.385 e. The first kappa shape index (κ1) is 8.47. The molecule has 62 valence electrons.